The van der Waals surface area contributed by atoms with Gasteiger partial charge in [0.25, 0.3) is 0 Å². The van der Waals surface area contributed by atoms with Crippen LogP contribution in [-0.4, -0.2) is 46.0 Å². The van der Waals surface area contributed by atoms with Crippen LogP contribution in [0.1, 0.15) is 6.42 Å². The average Bonchev–Trinajstić information content (AvgIpc) is 3.34. The van der Waals surface area contributed by atoms with E-state index in [4.69, 9.17) is 0 Å². The zero-order valence-electron chi connectivity index (χ0n) is 14.1. The highest BCUT2D eigenvalue weighted by Crippen LogP contribution is 2.29. The van der Waals surface area contributed by atoms with Crippen LogP contribution in [0.15, 0.2) is 49.3 Å². The van der Waals surface area contributed by atoms with Gasteiger partial charge >= 0.3 is 5.69 Å². The van der Waals surface area contributed by atoms with E-state index in [0.29, 0.717) is 17.6 Å². The number of imidazole rings is 1. The Morgan fingerprint density at radius 2 is 2.11 bits per heavy atom. The summed E-state index contributed by atoms with van der Waals surface area (Å²) in [5.41, 5.74) is 1.02. The summed E-state index contributed by atoms with van der Waals surface area (Å²) in [6, 6.07) is 7.19. The molecule has 0 atom stereocenters. The fourth-order valence-electron chi connectivity index (χ4n) is 2.73. The first kappa shape index (κ1) is 16.6. The number of aromatic nitrogens is 7. The molecule has 0 aliphatic rings. The highest BCUT2D eigenvalue weighted by atomic mass is 16.6. The number of fused-ring (bicyclic) bond motifs is 1. The van der Waals surface area contributed by atoms with E-state index in [2.05, 4.69) is 30.6 Å². The lowest BCUT2D eigenvalue weighted by molar-refractivity contribution is -0.384. The van der Waals surface area contributed by atoms with Crippen LogP contribution >= 0.6 is 0 Å². The molecule has 4 rings (SSSR count). The summed E-state index contributed by atoms with van der Waals surface area (Å²) in [6.07, 6.45) is 7.32. The van der Waals surface area contributed by atoms with Crippen molar-refractivity contribution in [1.29, 1.82) is 0 Å². The van der Waals surface area contributed by atoms with Gasteiger partial charge in [-0.15, -0.1) is 5.10 Å². The standard InChI is InChI=1S/C16H15N9O2/c26-25(27)14-15(18-6-3-8-23-9-7-17-11-23)19-10-20-16(14)24-13-5-2-1-4-12(13)21-22-24/h1-2,4-5,7,9-11H,3,6,8H2,(H,18,19,20). The van der Waals surface area contributed by atoms with Crippen LogP contribution in [0, 0.1) is 10.1 Å². The number of hydrogen-bond donors (Lipinski definition) is 1. The minimum atomic E-state index is -0.510. The molecule has 0 aliphatic carbocycles. The van der Waals surface area contributed by atoms with E-state index in [0.717, 1.165) is 13.0 Å². The number of nitrogens with zero attached hydrogens (tertiary/aromatic N) is 8. The van der Waals surface area contributed by atoms with E-state index >= 15 is 0 Å². The van der Waals surface area contributed by atoms with E-state index in [1.165, 1.54) is 11.0 Å². The predicted molar refractivity (Wildman–Crippen MR) is 96.4 cm³/mol. The van der Waals surface area contributed by atoms with Gasteiger partial charge in [0.05, 0.1) is 16.8 Å². The molecule has 3 aromatic heterocycles. The molecule has 0 bridgehead atoms. The summed E-state index contributed by atoms with van der Waals surface area (Å²) < 4.78 is 3.29. The number of anilines is 1. The molecule has 27 heavy (non-hydrogen) atoms. The van der Waals surface area contributed by atoms with Gasteiger partial charge in [0.15, 0.2) is 0 Å². The first-order valence-electron chi connectivity index (χ1n) is 8.24. The summed E-state index contributed by atoms with van der Waals surface area (Å²) in [7, 11) is 0. The summed E-state index contributed by atoms with van der Waals surface area (Å²) >= 11 is 0. The molecule has 136 valence electrons. The third-order valence-corrected chi connectivity index (χ3v) is 3.98. The zero-order chi connectivity index (χ0) is 18.6. The van der Waals surface area contributed by atoms with Crippen molar-refractivity contribution in [3.63, 3.8) is 0 Å². The second-order valence-electron chi connectivity index (χ2n) is 5.72. The number of aryl methyl sites for hydroxylation is 1. The van der Waals surface area contributed by atoms with Gasteiger partial charge in [-0.1, -0.05) is 17.3 Å². The monoisotopic (exact) mass is 365 g/mol. The maximum Gasteiger partial charge on any atom is 0.355 e. The molecule has 0 spiro atoms. The molecular formula is C16H15N9O2. The Bertz CT molecular complexity index is 1070. The largest absolute Gasteiger partial charge is 0.364 e. The van der Waals surface area contributed by atoms with Gasteiger partial charge in [0.1, 0.15) is 11.8 Å². The minimum absolute atomic E-state index is 0.0702. The average molecular weight is 365 g/mol. The van der Waals surface area contributed by atoms with Crippen LogP contribution in [-0.2, 0) is 6.54 Å². The van der Waals surface area contributed by atoms with E-state index < -0.39 is 4.92 Å². The Kier molecular flexibility index (Phi) is 4.39. The van der Waals surface area contributed by atoms with Crippen LogP contribution < -0.4 is 5.32 Å². The smallest absolute Gasteiger partial charge is 0.355 e. The fraction of sp³-hybridized carbons (Fsp3) is 0.188. The van der Waals surface area contributed by atoms with E-state index in [9.17, 15) is 10.1 Å². The second-order valence-corrected chi connectivity index (χ2v) is 5.72. The molecule has 0 fully saturated rings. The summed E-state index contributed by atoms with van der Waals surface area (Å²) in [5, 5.41) is 22.8. The minimum Gasteiger partial charge on any atom is -0.364 e. The molecule has 0 saturated carbocycles. The first-order valence-corrected chi connectivity index (χ1v) is 8.24. The lowest BCUT2D eigenvalue weighted by Crippen LogP contribution is -2.12. The number of hydrogen-bond acceptors (Lipinski definition) is 8. The molecule has 11 heteroatoms. The number of benzene rings is 1. The Hall–Kier alpha value is -3.89. The molecule has 11 nitrogen and oxygen atoms in total. The van der Waals surface area contributed by atoms with Gasteiger partial charge in [-0.25, -0.2) is 15.0 Å². The maximum atomic E-state index is 11.7. The third kappa shape index (κ3) is 3.29. The second kappa shape index (κ2) is 7.15. The molecule has 0 radical (unpaired) electrons. The molecule has 0 amide bonds. The van der Waals surface area contributed by atoms with Crippen molar-refractivity contribution in [1.82, 2.24) is 34.5 Å². The molecule has 1 aromatic carbocycles. The molecule has 0 saturated heterocycles. The Balaban J connectivity index is 1.61. The molecule has 0 aliphatic heterocycles. The van der Waals surface area contributed by atoms with Gasteiger partial charge in [-0.3, -0.25) is 10.1 Å². The number of nitro groups is 1. The van der Waals surface area contributed by atoms with E-state index in [1.54, 1.807) is 24.7 Å². The van der Waals surface area contributed by atoms with Crippen molar-refractivity contribution in [2.45, 2.75) is 13.0 Å². The predicted octanol–water partition coefficient (Wildman–Crippen LogP) is 1.82. The van der Waals surface area contributed by atoms with Crippen molar-refractivity contribution in [3.05, 3.63) is 59.4 Å². The van der Waals surface area contributed by atoms with Crippen LogP contribution in [0.25, 0.3) is 16.9 Å². The molecule has 4 aromatic rings. The van der Waals surface area contributed by atoms with Gasteiger partial charge in [0.2, 0.25) is 11.6 Å². The molecule has 1 N–H and O–H groups in total. The van der Waals surface area contributed by atoms with Gasteiger partial charge < -0.3 is 9.88 Å². The molecular weight excluding hydrogens is 350 g/mol. The zero-order valence-corrected chi connectivity index (χ0v) is 14.1. The summed E-state index contributed by atoms with van der Waals surface area (Å²) in [5.74, 6) is 0.219. The topological polar surface area (TPSA) is 129 Å². The normalized spacial score (nSPS) is 11.0. The lowest BCUT2D eigenvalue weighted by Gasteiger charge is -2.09. The quantitative estimate of drug-likeness (QED) is 0.298. The van der Waals surface area contributed by atoms with Gasteiger partial charge in [-0.2, -0.15) is 4.68 Å². The van der Waals surface area contributed by atoms with Crippen molar-refractivity contribution >= 4 is 22.5 Å². The maximum absolute atomic E-state index is 11.7. The number of para-hydroxylation sites is 1. The van der Waals surface area contributed by atoms with E-state index in [-0.39, 0.29) is 17.3 Å². The van der Waals surface area contributed by atoms with Crippen LogP contribution in [0.2, 0.25) is 0 Å². The molecule has 0 unspecified atom stereocenters. The van der Waals surface area contributed by atoms with Gasteiger partial charge in [-0.05, 0) is 18.6 Å². The Labute approximate surface area is 152 Å². The Morgan fingerprint density at radius 1 is 1.22 bits per heavy atom. The highest BCUT2D eigenvalue weighted by Gasteiger charge is 2.26. The summed E-state index contributed by atoms with van der Waals surface area (Å²) in [6.45, 7) is 1.25. The Morgan fingerprint density at radius 3 is 2.93 bits per heavy atom. The highest BCUT2D eigenvalue weighted by molar-refractivity contribution is 5.77. The van der Waals surface area contributed by atoms with Crippen molar-refractivity contribution in [2.75, 3.05) is 11.9 Å². The fourth-order valence-corrected chi connectivity index (χ4v) is 2.73. The van der Waals surface area contributed by atoms with Crippen molar-refractivity contribution < 1.29 is 4.92 Å². The molecule has 3 heterocycles. The SMILES string of the molecule is O=[N+]([O-])c1c(NCCCn2ccnc2)ncnc1-n1nnc2ccccc21. The summed E-state index contributed by atoms with van der Waals surface area (Å²) in [4.78, 5) is 23.3. The number of nitrogens with one attached hydrogen (secondary N) is 1. The van der Waals surface area contributed by atoms with Crippen molar-refractivity contribution in [3.8, 4) is 5.82 Å². The van der Waals surface area contributed by atoms with Crippen LogP contribution in [0.4, 0.5) is 11.5 Å². The van der Waals surface area contributed by atoms with E-state index in [1.807, 2.05) is 22.9 Å². The van der Waals surface area contributed by atoms with Gasteiger partial charge in [0, 0.05) is 25.5 Å². The first-order chi connectivity index (χ1) is 13.2. The van der Waals surface area contributed by atoms with Crippen molar-refractivity contribution in [2.24, 2.45) is 0 Å². The third-order valence-electron chi connectivity index (χ3n) is 3.98. The van der Waals surface area contributed by atoms with Crippen LogP contribution in [0.5, 0.6) is 0 Å². The number of rotatable bonds is 7. The van der Waals surface area contributed by atoms with Crippen LogP contribution in [0.3, 0.4) is 0 Å². The lowest BCUT2D eigenvalue weighted by atomic mass is 10.3.